The fourth-order valence-corrected chi connectivity index (χ4v) is 3.69. The first-order valence-electron chi connectivity index (χ1n) is 8.97. The summed E-state index contributed by atoms with van der Waals surface area (Å²) in [6.45, 7) is 0. The van der Waals surface area contributed by atoms with Gasteiger partial charge >= 0.3 is 5.97 Å². The van der Waals surface area contributed by atoms with Crippen molar-refractivity contribution >= 4 is 17.8 Å². The van der Waals surface area contributed by atoms with Crippen molar-refractivity contribution in [2.45, 2.75) is 12.3 Å². The third kappa shape index (κ3) is 2.68. The predicted octanol–water partition coefficient (Wildman–Crippen LogP) is 4.14. The topological polar surface area (TPSA) is 65.5 Å². The average molecular weight is 369 g/mol. The molecule has 0 bridgehead atoms. The van der Waals surface area contributed by atoms with E-state index in [4.69, 9.17) is 9.47 Å². The second-order valence-electron chi connectivity index (χ2n) is 6.72. The van der Waals surface area contributed by atoms with E-state index in [1.807, 2.05) is 36.4 Å². The molecule has 2 aromatic carbocycles. The Bertz CT molecular complexity index is 1120. The summed E-state index contributed by atoms with van der Waals surface area (Å²) in [4.78, 5) is 29.1. The van der Waals surface area contributed by atoms with Crippen molar-refractivity contribution in [3.63, 3.8) is 0 Å². The SMILES string of the molecule is O=C1CC(c2ccccc2)c2c(ccc3c2OC(=Cc2cccnc2)C3=O)O1. The van der Waals surface area contributed by atoms with Crippen LogP contribution < -0.4 is 9.47 Å². The van der Waals surface area contributed by atoms with Crippen molar-refractivity contribution in [3.05, 3.63) is 95.0 Å². The first-order valence-corrected chi connectivity index (χ1v) is 8.97. The third-order valence-electron chi connectivity index (χ3n) is 4.96. The second-order valence-corrected chi connectivity index (χ2v) is 6.72. The molecule has 0 aliphatic carbocycles. The number of hydrogen-bond acceptors (Lipinski definition) is 5. The molecule has 1 atom stereocenters. The molecule has 0 saturated heterocycles. The molecule has 5 rings (SSSR count). The molecule has 3 heterocycles. The lowest BCUT2D eigenvalue weighted by molar-refractivity contribution is -0.135. The Balaban J connectivity index is 1.63. The molecule has 0 radical (unpaired) electrons. The van der Waals surface area contributed by atoms with Gasteiger partial charge in [-0.2, -0.15) is 0 Å². The highest BCUT2D eigenvalue weighted by Gasteiger charge is 2.38. The van der Waals surface area contributed by atoms with Crippen molar-refractivity contribution < 1.29 is 19.1 Å². The largest absolute Gasteiger partial charge is 0.452 e. The van der Waals surface area contributed by atoms with Crippen LogP contribution in [0, 0.1) is 0 Å². The Hall–Kier alpha value is -3.73. The van der Waals surface area contributed by atoms with Crippen LogP contribution in [-0.2, 0) is 4.79 Å². The minimum atomic E-state index is -0.295. The Morgan fingerprint density at radius 1 is 0.964 bits per heavy atom. The molecule has 5 nitrogen and oxygen atoms in total. The smallest absolute Gasteiger partial charge is 0.312 e. The number of ketones is 1. The Morgan fingerprint density at radius 2 is 1.82 bits per heavy atom. The van der Waals surface area contributed by atoms with Crippen LogP contribution in [-0.4, -0.2) is 16.7 Å². The number of carbonyl (C=O) groups is 2. The molecule has 3 aromatic rings. The second kappa shape index (κ2) is 6.46. The molecule has 0 N–H and O–H groups in total. The fourth-order valence-electron chi connectivity index (χ4n) is 3.69. The molecule has 1 unspecified atom stereocenters. The van der Waals surface area contributed by atoms with Gasteiger partial charge in [0.15, 0.2) is 5.76 Å². The molecule has 2 aliphatic rings. The van der Waals surface area contributed by atoms with Gasteiger partial charge in [0.1, 0.15) is 11.5 Å². The van der Waals surface area contributed by atoms with Crippen LogP contribution in [0.5, 0.6) is 11.5 Å². The van der Waals surface area contributed by atoms with E-state index in [0.29, 0.717) is 17.1 Å². The number of esters is 1. The zero-order valence-electron chi connectivity index (χ0n) is 14.8. The Kier molecular flexibility index (Phi) is 3.79. The number of nitrogens with zero attached hydrogens (tertiary/aromatic N) is 1. The highest BCUT2D eigenvalue weighted by molar-refractivity contribution is 6.15. The van der Waals surface area contributed by atoms with Crippen LogP contribution in [0.25, 0.3) is 6.08 Å². The van der Waals surface area contributed by atoms with E-state index < -0.39 is 0 Å². The monoisotopic (exact) mass is 369 g/mol. The first-order chi connectivity index (χ1) is 13.7. The van der Waals surface area contributed by atoms with Crippen LogP contribution in [0.1, 0.15) is 39.4 Å². The van der Waals surface area contributed by atoms with E-state index in [1.54, 1.807) is 36.7 Å². The number of aromatic nitrogens is 1. The van der Waals surface area contributed by atoms with Gasteiger partial charge in [0.25, 0.3) is 0 Å². The molecule has 0 fully saturated rings. The molecule has 0 spiro atoms. The van der Waals surface area contributed by atoms with Gasteiger partial charge in [0, 0.05) is 23.9 Å². The number of rotatable bonds is 2. The van der Waals surface area contributed by atoms with Crippen LogP contribution in [0.3, 0.4) is 0 Å². The summed E-state index contributed by atoms with van der Waals surface area (Å²) in [5.41, 5.74) is 2.98. The zero-order chi connectivity index (χ0) is 19.1. The molecule has 1 aromatic heterocycles. The van der Waals surface area contributed by atoms with E-state index in [-0.39, 0.29) is 29.9 Å². The number of hydrogen-bond donors (Lipinski definition) is 0. The van der Waals surface area contributed by atoms with Gasteiger partial charge in [-0.1, -0.05) is 36.4 Å². The molecular formula is C23H15NO4. The summed E-state index contributed by atoms with van der Waals surface area (Å²) in [6.07, 6.45) is 5.21. The standard InChI is InChI=1S/C23H15NO4/c25-20-12-17(15-6-2-1-3-7-15)21-18(27-20)9-8-16-22(26)19(28-23(16)21)11-14-5-4-10-24-13-14/h1-11,13,17H,12H2. The molecule has 0 amide bonds. The highest BCUT2D eigenvalue weighted by Crippen LogP contribution is 2.48. The lowest BCUT2D eigenvalue weighted by Crippen LogP contribution is -2.21. The van der Waals surface area contributed by atoms with Gasteiger partial charge in [0.05, 0.1) is 12.0 Å². The summed E-state index contributed by atoms with van der Waals surface area (Å²) < 4.78 is 11.4. The van der Waals surface area contributed by atoms with Crippen molar-refractivity contribution in [1.29, 1.82) is 0 Å². The summed E-state index contributed by atoms with van der Waals surface area (Å²) in [5, 5.41) is 0. The molecule has 28 heavy (non-hydrogen) atoms. The number of benzene rings is 2. The van der Waals surface area contributed by atoms with Crippen LogP contribution in [0.4, 0.5) is 0 Å². The number of carbonyl (C=O) groups excluding carboxylic acids is 2. The normalized spacial score (nSPS) is 19.0. The maximum atomic E-state index is 12.9. The van der Waals surface area contributed by atoms with E-state index in [0.717, 1.165) is 16.7 Å². The molecular weight excluding hydrogens is 354 g/mol. The zero-order valence-corrected chi connectivity index (χ0v) is 14.8. The van der Waals surface area contributed by atoms with Gasteiger partial charge in [-0.3, -0.25) is 14.6 Å². The summed E-state index contributed by atoms with van der Waals surface area (Å²) in [5.74, 6) is 0.443. The van der Waals surface area contributed by atoms with Gasteiger partial charge in [-0.25, -0.2) is 0 Å². The van der Waals surface area contributed by atoms with Crippen LogP contribution in [0.15, 0.2) is 72.8 Å². The van der Waals surface area contributed by atoms with Crippen LogP contribution >= 0.6 is 0 Å². The van der Waals surface area contributed by atoms with Crippen LogP contribution in [0.2, 0.25) is 0 Å². The first kappa shape index (κ1) is 16.4. The van der Waals surface area contributed by atoms with E-state index in [9.17, 15) is 9.59 Å². The fraction of sp³-hybridized carbons (Fsp3) is 0.0870. The van der Waals surface area contributed by atoms with Gasteiger partial charge in [0.2, 0.25) is 5.78 Å². The average Bonchev–Trinajstić information content (AvgIpc) is 3.04. The maximum absolute atomic E-state index is 12.9. The summed E-state index contributed by atoms with van der Waals surface area (Å²) >= 11 is 0. The minimum absolute atomic E-state index is 0.189. The Morgan fingerprint density at radius 3 is 2.61 bits per heavy atom. The number of allylic oxidation sites excluding steroid dienone is 1. The third-order valence-corrected chi connectivity index (χ3v) is 4.96. The van der Waals surface area contributed by atoms with E-state index in [1.165, 1.54) is 0 Å². The van der Waals surface area contributed by atoms with Crippen molar-refractivity contribution in [2.75, 3.05) is 0 Å². The molecule has 2 aliphatic heterocycles. The molecule has 5 heteroatoms. The van der Waals surface area contributed by atoms with Gasteiger partial charge in [-0.15, -0.1) is 0 Å². The van der Waals surface area contributed by atoms with Crippen molar-refractivity contribution in [3.8, 4) is 11.5 Å². The number of Topliss-reactive ketones (excluding diaryl/α,β-unsaturated/α-hetero) is 1. The summed E-state index contributed by atoms with van der Waals surface area (Å²) in [6, 6.07) is 16.7. The molecule has 136 valence electrons. The lowest BCUT2D eigenvalue weighted by atomic mass is 9.85. The number of fused-ring (bicyclic) bond motifs is 3. The van der Waals surface area contributed by atoms with E-state index >= 15 is 0 Å². The predicted molar refractivity (Wildman–Crippen MR) is 102 cm³/mol. The maximum Gasteiger partial charge on any atom is 0.312 e. The molecule has 0 saturated carbocycles. The van der Waals surface area contributed by atoms with E-state index in [2.05, 4.69) is 4.98 Å². The minimum Gasteiger partial charge on any atom is -0.452 e. The lowest BCUT2D eigenvalue weighted by Gasteiger charge is -2.26. The highest BCUT2D eigenvalue weighted by atomic mass is 16.5. The number of ether oxygens (including phenoxy) is 2. The van der Waals surface area contributed by atoms with Crippen molar-refractivity contribution in [2.24, 2.45) is 0 Å². The van der Waals surface area contributed by atoms with Gasteiger partial charge in [-0.05, 0) is 35.4 Å². The van der Waals surface area contributed by atoms with Gasteiger partial charge < -0.3 is 9.47 Å². The van der Waals surface area contributed by atoms with Crippen molar-refractivity contribution in [1.82, 2.24) is 4.98 Å². The number of pyridine rings is 1. The Labute approximate surface area is 161 Å². The summed E-state index contributed by atoms with van der Waals surface area (Å²) in [7, 11) is 0. The quantitative estimate of drug-likeness (QED) is 0.386.